The molecule has 5 heteroatoms. The molecule has 1 fully saturated rings. The van der Waals surface area contributed by atoms with Gasteiger partial charge in [0.25, 0.3) is 0 Å². The number of benzene rings is 1. The van der Waals surface area contributed by atoms with E-state index >= 15 is 0 Å². The van der Waals surface area contributed by atoms with Crippen LogP contribution in [0.5, 0.6) is 0 Å². The highest BCUT2D eigenvalue weighted by molar-refractivity contribution is 5.83. The number of piperazine rings is 1. The minimum Gasteiger partial charge on any atom is -0.360 e. The first kappa shape index (κ1) is 13.4. The van der Waals surface area contributed by atoms with E-state index in [0.717, 1.165) is 18.8 Å². The molecule has 1 atom stereocenters. The standard InChI is InChI=1S/C14H18N4O/c1-16-8-13-9-18(10-14(19)17(13)2)12-5-3-4-11(6-12)7-15/h3-6,13,16H,8-10H2,1-2H3. The first-order valence-electron chi connectivity index (χ1n) is 6.31. The molecule has 0 aromatic heterocycles. The number of rotatable bonds is 3. The van der Waals surface area contributed by atoms with E-state index in [4.69, 9.17) is 5.26 Å². The predicted molar refractivity (Wildman–Crippen MR) is 73.9 cm³/mol. The van der Waals surface area contributed by atoms with Crippen molar-refractivity contribution in [2.75, 3.05) is 38.6 Å². The summed E-state index contributed by atoms with van der Waals surface area (Å²) in [6.07, 6.45) is 0. The number of anilines is 1. The molecule has 19 heavy (non-hydrogen) atoms. The molecule has 1 amide bonds. The van der Waals surface area contributed by atoms with Gasteiger partial charge in [-0.3, -0.25) is 4.79 Å². The third kappa shape index (κ3) is 2.85. The molecule has 1 heterocycles. The third-order valence-electron chi connectivity index (χ3n) is 3.48. The summed E-state index contributed by atoms with van der Waals surface area (Å²) in [4.78, 5) is 15.8. The monoisotopic (exact) mass is 258 g/mol. The van der Waals surface area contributed by atoms with Crippen LogP contribution in [0.1, 0.15) is 5.56 Å². The van der Waals surface area contributed by atoms with E-state index in [0.29, 0.717) is 12.1 Å². The molecule has 0 radical (unpaired) electrons. The Balaban J connectivity index is 2.20. The van der Waals surface area contributed by atoms with Gasteiger partial charge in [0.15, 0.2) is 0 Å². The van der Waals surface area contributed by atoms with E-state index in [1.165, 1.54) is 0 Å². The summed E-state index contributed by atoms with van der Waals surface area (Å²) in [5.74, 6) is 0.105. The maximum atomic E-state index is 12.0. The fourth-order valence-electron chi connectivity index (χ4n) is 2.33. The van der Waals surface area contributed by atoms with Crippen LogP contribution in [0.4, 0.5) is 5.69 Å². The van der Waals surface area contributed by atoms with Crippen molar-refractivity contribution >= 4 is 11.6 Å². The lowest BCUT2D eigenvalue weighted by atomic mass is 10.1. The Bertz CT molecular complexity index is 508. The smallest absolute Gasteiger partial charge is 0.242 e. The topological polar surface area (TPSA) is 59.4 Å². The molecular weight excluding hydrogens is 240 g/mol. The summed E-state index contributed by atoms with van der Waals surface area (Å²) in [7, 11) is 3.72. The second-order valence-electron chi connectivity index (χ2n) is 4.76. The van der Waals surface area contributed by atoms with Gasteiger partial charge in [-0.1, -0.05) is 6.07 Å². The molecule has 1 aromatic carbocycles. The summed E-state index contributed by atoms with van der Waals surface area (Å²) in [5, 5.41) is 12.0. The highest BCUT2D eigenvalue weighted by Crippen LogP contribution is 2.20. The summed E-state index contributed by atoms with van der Waals surface area (Å²) in [5.41, 5.74) is 1.55. The van der Waals surface area contributed by atoms with Gasteiger partial charge < -0.3 is 15.1 Å². The van der Waals surface area contributed by atoms with Crippen LogP contribution in [0, 0.1) is 11.3 Å². The van der Waals surface area contributed by atoms with Gasteiger partial charge in [-0.15, -0.1) is 0 Å². The van der Waals surface area contributed by atoms with Crippen LogP contribution in [0.15, 0.2) is 24.3 Å². The van der Waals surface area contributed by atoms with Gasteiger partial charge in [-0.05, 0) is 25.2 Å². The van der Waals surface area contributed by atoms with Crippen molar-refractivity contribution in [2.45, 2.75) is 6.04 Å². The second kappa shape index (κ2) is 5.72. The normalized spacial score (nSPS) is 19.4. The number of carbonyl (C=O) groups excluding carboxylic acids is 1. The molecule has 5 nitrogen and oxygen atoms in total. The van der Waals surface area contributed by atoms with E-state index in [1.807, 2.05) is 37.2 Å². The quantitative estimate of drug-likeness (QED) is 0.854. The fraction of sp³-hybridized carbons (Fsp3) is 0.429. The van der Waals surface area contributed by atoms with E-state index in [1.54, 1.807) is 11.0 Å². The second-order valence-corrected chi connectivity index (χ2v) is 4.76. The van der Waals surface area contributed by atoms with Crippen molar-refractivity contribution in [1.82, 2.24) is 10.2 Å². The van der Waals surface area contributed by atoms with Crippen LogP contribution in [0.3, 0.4) is 0 Å². The zero-order valence-corrected chi connectivity index (χ0v) is 11.3. The van der Waals surface area contributed by atoms with E-state index in [2.05, 4.69) is 11.4 Å². The zero-order valence-electron chi connectivity index (χ0n) is 11.3. The molecule has 100 valence electrons. The maximum Gasteiger partial charge on any atom is 0.242 e. The van der Waals surface area contributed by atoms with Crippen molar-refractivity contribution in [3.8, 4) is 6.07 Å². The van der Waals surface area contributed by atoms with E-state index in [9.17, 15) is 4.79 Å². The molecule has 0 bridgehead atoms. The van der Waals surface area contributed by atoms with Crippen molar-refractivity contribution in [1.29, 1.82) is 5.26 Å². The van der Waals surface area contributed by atoms with Gasteiger partial charge >= 0.3 is 0 Å². The van der Waals surface area contributed by atoms with Crippen LogP contribution < -0.4 is 10.2 Å². The van der Waals surface area contributed by atoms with Gasteiger partial charge in [-0.25, -0.2) is 0 Å². The van der Waals surface area contributed by atoms with Crippen molar-refractivity contribution < 1.29 is 4.79 Å². The Hall–Kier alpha value is -2.06. The van der Waals surface area contributed by atoms with Crippen LogP contribution in [0.2, 0.25) is 0 Å². The Kier molecular flexibility index (Phi) is 4.03. The van der Waals surface area contributed by atoms with E-state index in [-0.39, 0.29) is 11.9 Å². The van der Waals surface area contributed by atoms with Crippen LogP contribution in [0.25, 0.3) is 0 Å². The summed E-state index contributed by atoms with van der Waals surface area (Å²) in [6, 6.07) is 9.67. The number of hydrogen-bond donors (Lipinski definition) is 1. The predicted octanol–water partition coefficient (Wildman–Crippen LogP) is 0.425. The first-order chi connectivity index (χ1) is 9.15. The van der Waals surface area contributed by atoms with Crippen molar-refractivity contribution in [3.63, 3.8) is 0 Å². The van der Waals surface area contributed by atoms with Gasteiger partial charge in [0.05, 0.1) is 24.2 Å². The molecule has 0 saturated carbocycles. The Morgan fingerprint density at radius 2 is 2.32 bits per heavy atom. The minimum atomic E-state index is 0.105. The molecule has 1 N–H and O–H groups in total. The number of likely N-dealkylation sites (N-methyl/N-ethyl adjacent to an activating group) is 2. The molecule has 2 rings (SSSR count). The van der Waals surface area contributed by atoms with Gasteiger partial charge in [0.2, 0.25) is 5.91 Å². The van der Waals surface area contributed by atoms with Gasteiger partial charge in [-0.2, -0.15) is 5.26 Å². The molecule has 1 unspecified atom stereocenters. The Labute approximate surface area is 113 Å². The molecule has 0 spiro atoms. The van der Waals surface area contributed by atoms with Crippen LogP contribution in [-0.2, 0) is 4.79 Å². The van der Waals surface area contributed by atoms with Crippen molar-refractivity contribution in [3.05, 3.63) is 29.8 Å². The SMILES string of the molecule is CNCC1CN(c2cccc(C#N)c2)CC(=O)N1C. The number of nitriles is 1. The summed E-state index contributed by atoms with van der Waals surface area (Å²) >= 11 is 0. The zero-order chi connectivity index (χ0) is 13.8. The molecule has 1 saturated heterocycles. The Morgan fingerprint density at radius 3 is 3.00 bits per heavy atom. The highest BCUT2D eigenvalue weighted by Gasteiger charge is 2.29. The highest BCUT2D eigenvalue weighted by atomic mass is 16.2. The third-order valence-corrected chi connectivity index (χ3v) is 3.48. The largest absolute Gasteiger partial charge is 0.360 e. The number of amides is 1. The first-order valence-corrected chi connectivity index (χ1v) is 6.31. The maximum absolute atomic E-state index is 12.0. The number of hydrogen-bond acceptors (Lipinski definition) is 4. The minimum absolute atomic E-state index is 0.105. The van der Waals surface area contributed by atoms with Gasteiger partial charge in [0, 0.05) is 25.8 Å². The van der Waals surface area contributed by atoms with Crippen LogP contribution >= 0.6 is 0 Å². The molecule has 1 aliphatic heterocycles. The average molecular weight is 258 g/mol. The molecule has 0 aliphatic carbocycles. The Morgan fingerprint density at radius 1 is 1.53 bits per heavy atom. The lowest BCUT2D eigenvalue weighted by molar-refractivity contribution is -0.131. The molecule has 1 aliphatic rings. The lowest BCUT2D eigenvalue weighted by Gasteiger charge is -2.40. The number of nitrogens with zero attached hydrogens (tertiary/aromatic N) is 3. The van der Waals surface area contributed by atoms with Crippen LogP contribution in [-0.4, -0.2) is 50.6 Å². The number of carbonyl (C=O) groups is 1. The summed E-state index contributed by atoms with van der Waals surface area (Å²) in [6.45, 7) is 1.90. The summed E-state index contributed by atoms with van der Waals surface area (Å²) < 4.78 is 0. The molecular formula is C14H18N4O. The average Bonchev–Trinajstić information content (AvgIpc) is 2.44. The van der Waals surface area contributed by atoms with E-state index < -0.39 is 0 Å². The van der Waals surface area contributed by atoms with Crippen molar-refractivity contribution in [2.24, 2.45) is 0 Å². The fourth-order valence-corrected chi connectivity index (χ4v) is 2.33. The molecule has 1 aromatic rings. The number of nitrogens with one attached hydrogen (secondary N) is 1. The lowest BCUT2D eigenvalue weighted by Crippen LogP contribution is -2.57. The van der Waals surface area contributed by atoms with Gasteiger partial charge in [0.1, 0.15) is 0 Å².